The van der Waals surface area contributed by atoms with E-state index in [9.17, 15) is 4.79 Å². The Bertz CT molecular complexity index is 1080. The lowest BCUT2D eigenvalue weighted by Crippen LogP contribution is -2.46. The third kappa shape index (κ3) is 6.84. The molecule has 0 radical (unpaired) electrons. The van der Waals surface area contributed by atoms with Gasteiger partial charge in [0.1, 0.15) is 11.6 Å². The molecule has 0 bridgehead atoms. The minimum Gasteiger partial charge on any atom is -0.455 e. The van der Waals surface area contributed by atoms with Gasteiger partial charge >= 0.3 is 0 Å². The Balaban J connectivity index is 1.31. The summed E-state index contributed by atoms with van der Waals surface area (Å²) >= 11 is 1.53. The Kier molecular flexibility index (Phi) is 8.24. The number of piperazine rings is 1. The Hall–Kier alpha value is -2.84. The number of rotatable bonds is 9. The number of aromatic nitrogens is 2. The van der Waals surface area contributed by atoms with Crippen molar-refractivity contribution in [2.24, 2.45) is 5.92 Å². The van der Waals surface area contributed by atoms with Crippen LogP contribution in [0.25, 0.3) is 0 Å². The largest absolute Gasteiger partial charge is 0.455 e. The molecule has 0 aliphatic carbocycles. The highest BCUT2D eigenvalue weighted by atomic mass is 32.2. The maximum absolute atomic E-state index is 12.2. The van der Waals surface area contributed by atoms with Gasteiger partial charge in [0, 0.05) is 51.0 Å². The van der Waals surface area contributed by atoms with E-state index >= 15 is 0 Å². The summed E-state index contributed by atoms with van der Waals surface area (Å²) < 4.78 is 5.73. The summed E-state index contributed by atoms with van der Waals surface area (Å²) in [6, 6.07) is 16.3. The van der Waals surface area contributed by atoms with Gasteiger partial charge in [-0.15, -0.1) is 0 Å². The number of furan rings is 1. The number of benzene rings is 1. The van der Waals surface area contributed by atoms with E-state index < -0.39 is 0 Å². The molecule has 3 heterocycles. The molecule has 1 amide bonds. The normalized spacial score (nSPS) is 14.5. The number of amides is 1. The lowest BCUT2D eigenvalue weighted by atomic mass is 10.2. The summed E-state index contributed by atoms with van der Waals surface area (Å²) in [5.74, 6) is 2.85. The van der Waals surface area contributed by atoms with Crippen molar-refractivity contribution < 1.29 is 9.21 Å². The molecule has 1 aliphatic rings. The van der Waals surface area contributed by atoms with Gasteiger partial charge in [0.2, 0.25) is 0 Å². The highest BCUT2D eigenvalue weighted by Crippen LogP contribution is 2.24. The lowest BCUT2D eigenvalue weighted by Gasteiger charge is -2.35. The molecule has 3 aromatic rings. The first-order chi connectivity index (χ1) is 16.5. The molecule has 1 N–H and O–H groups in total. The lowest BCUT2D eigenvalue weighted by molar-refractivity contribution is 0.0920. The maximum Gasteiger partial charge on any atom is 0.287 e. The predicted octanol–water partition coefficient (Wildman–Crippen LogP) is 4.38. The standard InChI is InChI=1S/C26H33N5O2S/c1-19(2)16-27-25(32)23-10-9-22(33-23)18-34-26-28-20(3)15-24(29-26)31-13-11-30(12-14-31)17-21-7-5-4-6-8-21/h4-10,15,19H,11-14,16-18H2,1-3H3,(H,27,32). The van der Waals surface area contributed by atoms with Crippen molar-refractivity contribution in [3.8, 4) is 0 Å². The van der Waals surface area contributed by atoms with Gasteiger partial charge in [-0.2, -0.15) is 0 Å². The molecule has 0 atom stereocenters. The minimum absolute atomic E-state index is 0.176. The van der Waals surface area contributed by atoms with Crippen molar-refractivity contribution >= 4 is 23.5 Å². The molecule has 180 valence electrons. The molecule has 1 aromatic carbocycles. The summed E-state index contributed by atoms with van der Waals surface area (Å²) in [4.78, 5) is 26.4. The van der Waals surface area contributed by atoms with Gasteiger partial charge < -0.3 is 14.6 Å². The number of thioether (sulfide) groups is 1. The van der Waals surface area contributed by atoms with Crippen LogP contribution in [0.15, 0.2) is 58.1 Å². The summed E-state index contributed by atoms with van der Waals surface area (Å²) in [6.07, 6.45) is 0. The van der Waals surface area contributed by atoms with Crippen LogP contribution >= 0.6 is 11.8 Å². The SMILES string of the molecule is Cc1cc(N2CCN(Cc3ccccc3)CC2)nc(SCc2ccc(C(=O)NCC(C)C)o2)n1. The van der Waals surface area contributed by atoms with Crippen LogP contribution in [0.4, 0.5) is 5.82 Å². The van der Waals surface area contributed by atoms with E-state index in [0.717, 1.165) is 55.2 Å². The summed E-state index contributed by atoms with van der Waals surface area (Å²) in [5.41, 5.74) is 2.30. The smallest absolute Gasteiger partial charge is 0.287 e. The molecule has 0 unspecified atom stereocenters. The van der Waals surface area contributed by atoms with Crippen molar-refractivity contribution in [1.82, 2.24) is 20.2 Å². The first kappa shape index (κ1) is 24.3. The Morgan fingerprint density at radius 3 is 2.59 bits per heavy atom. The predicted molar refractivity (Wildman–Crippen MR) is 136 cm³/mol. The van der Waals surface area contributed by atoms with Crippen molar-refractivity contribution in [2.45, 2.75) is 38.2 Å². The Morgan fingerprint density at radius 1 is 1.09 bits per heavy atom. The second kappa shape index (κ2) is 11.5. The molecular weight excluding hydrogens is 446 g/mol. The summed E-state index contributed by atoms with van der Waals surface area (Å²) in [7, 11) is 0. The van der Waals surface area contributed by atoms with E-state index in [2.05, 4.69) is 70.3 Å². The molecule has 0 spiro atoms. The average molecular weight is 480 g/mol. The molecule has 2 aromatic heterocycles. The monoisotopic (exact) mass is 479 g/mol. The molecule has 7 nitrogen and oxygen atoms in total. The molecule has 0 saturated carbocycles. The van der Waals surface area contributed by atoms with Crippen LogP contribution in [0.5, 0.6) is 0 Å². The van der Waals surface area contributed by atoms with Crippen LogP contribution in [0.1, 0.15) is 41.4 Å². The van der Waals surface area contributed by atoms with Crippen molar-refractivity contribution in [2.75, 3.05) is 37.6 Å². The van der Waals surface area contributed by atoms with Crippen LogP contribution in [0.2, 0.25) is 0 Å². The molecular formula is C26H33N5O2S. The van der Waals surface area contributed by atoms with Gasteiger partial charge in [0.05, 0.1) is 5.75 Å². The first-order valence-electron chi connectivity index (χ1n) is 11.8. The fraction of sp³-hybridized carbons (Fsp3) is 0.423. The maximum atomic E-state index is 12.2. The van der Waals surface area contributed by atoms with Gasteiger partial charge in [0.25, 0.3) is 5.91 Å². The zero-order valence-corrected chi connectivity index (χ0v) is 21.0. The zero-order chi connectivity index (χ0) is 23.9. The van der Waals surface area contributed by atoms with Crippen molar-refractivity contribution in [3.05, 3.63) is 71.3 Å². The van der Waals surface area contributed by atoms with E-state index in [1.165, 1.54) is 17.3 Å². The van der Waals surface area contributed by atoms with Gasteiger partial charge in [-0.25, -0.2) is 9.97 Å². The van der Waals surface area contributed by atoms with Crippen LogP contribution in [0, 0.1) is 12.8 Å². The number of nitrogens with one attached hydrogen (secondary N) is 1. The fourth-order valence-corrected chi connectivity index (χ4v) is 4.62. The van der Waals surface area contributed by atoms with Crippen LogP contribution < -0.4 is 10.2 Å². The molecule has 1 aliphatic heterocycles. The number of anilines is 1. The van der Waals surface area contributed by atoms with Crippen molar-refractivity contribution in [3.63, 3.8) is 0 Å². The van der Waals surface area contributed by atoms with Gasteiger partial charge in [0.15, 0.2) is 10.9 Å². The summed E-state index contributed by atoms with van der Waals surface area (Å²) in [6.45, 7) is 11.6. The number of carbonyl (C=O) groups is 1. The van der Waals surface area contributed by atoms with Crippen LogP contribution in [-0.4, -0.2) is 53.5 Å². The third-order valence-electron chi connectivity index (χ3n) is 5.67. The Labute approximate surface area is 206 Å². The van der Waals surface area contributed by atoms with Crippen LogP contribution in [-0.2, 0) is 12.3 Å². The second-order valence-corrected chi connectivity index (χ2v) is 10.00. The molecule has 1 saturated heterocycles. The number of hydrogen-bond donors (Lipinski definition) is 1. The van der Waals surface area contributed by atoms with Gasteiger partial charge in [-0.05, 0) is 30.5 Å². The molecule has 4 rings (SSSR count). The second-order valence-electron chi connectivity index (χ2n) is 9.06. The average Bonchev–Trinajstić information content (AvgIpc) is 3.31. The molecule has 8 heteroatoms. The Morgan fingerprint density at radius 2 is 1.85 bits per heavy atom. The van der Waals surface area contributed by atoms with Crippen molar-refractivity contribution in [1.29, 1.82) is 0 Å². The summed E-state index contributed by atoms with van der Waals surface area (Å²) in [5, 5.41) is 3.61. The van der Waals surface area contributed by atoms with E-state index in [-0.39, 0.29) is 5.91 Å². The van der Waals surface area contributed by atoms with Gasteiger partial charge in [-0.3, -0.25) is 9.69 Å². The minimum atomic E-state index is -0.176. The van der Waals surface area contributed by atoms with Crippen LogP contribution in [0.3, 0.4) is 0 Å². The molecule has 1 fully saturated rings. The number of hydrogen-bond acceptors (Lipinski definition) is 7. The number of carbonyl (C=O) groups excluding carboxylic acids is 1. The zero-order valence-electron chi connectivity index (χ0n) is 20.2. The first-order valence-corrected chi connectivity index (χ1v) is 12.8. The number of nitrogens with zero attached hydrogens (tertiary/aromatic N) is 4. The quantitative estimate of drug-likeness (QED) is 0.361. The third-order valence-corrected chi connectivity index (χ3v) is 6.53. The fourth-order valence-electron chi connectivity index (χ4n) is 3.83. The molecule has 34 heavy (non-hydrogen) atoms. The van der Waals surface area contributed by atoms with Gasteiger partial charge in [-0.1, -0.05) is 55.9 Å². The van der Waals surface area contributed by atoms with E-state index in [1.807, 2.05) is 13.0 Å². The highest BCUT2D eigenvalue weighted by Gasteiger charge is 2.19. The van der Waals surface area contributed by atoms with E-state index in [0.29, 0.717) is 24.0 Å². The van der Waals surface area contributed by atoms with E-state index in [4.69, 9.17) is 9.40 Å². The van der Waals surface area contributed by atoms with E-state index in [1.54, 1.807) is 6.07 Å². The highest BCUT2D eigenvalue weighted by molar-refractivity contribution is 7.98. The number of aryl methyl sites for hydroxylation is 1. The topological polar surface area (TPSA) is 74.5 Å².